The monoisotopic (exact) mass is 301 g/mol. The number of nitro groups is 1. The number of rotatable bonds is 5. The second-order valence-electron chi connectivity index (χ2n) is 4.34. The van der Waals surface area contributed by atoms with E-state index in [1.54, 1.807) is 24.3 Å². The number of anilines is 2. The van der Waals surface area contributed by atoms with Gasteiger partial charge in [0.25, 0.3) is 5.69 Å². The minimum absolute atomic E-state index is 0.0301. The number of carbonyl (C=O) groups excluding carboxylic acids is 1. The van der Waals surface area contributed by atoms with Crippen LogP contribution < -0.4 is 15.4 Å². The van der Waals surface area contributed by atoms with E-state index in [0.29, 0.717) is 18.0 Å². The molecule has 0 aliphatic heterocycles. The number of non-ortho nitro benzene ring substituents is 1. The minimum Gasteiger partial charge on any atom is -0.494 e. The summed E-state index contributed by atoms with van der Waals surface area (Å²) >= 11 is 0. The molecule has 0 unspecified atom stereocenters. The number of carbonyl (C=O) groups is 1. The van der Waals surface area contributed by atoms with Gasteiger partial charge in [-0.1, -0.05) is 0 Å². The van der Waals surface area contributed by atoms with E-state index in [1.165, 1.54) is 24.3 Å². The number of benzene rings is 2. The molecule has 0 atom stereocenters. The van der Waals surface area contributed by atoms with Crippen molar-refractivity contribution in [1.29, 1.82) is 0 Å². The summed E-state index contributed by atoms with van der Waals surface area (Å²) in [7, 11) is 0. The Hall–Kier alpha value is -3.09. The van der Waals surface area contributed by atoms with Gasteiger partial charge in [-0.3, -0.25) is 10.1 Å². The Bertz CT molecular complexity index is 653. The maximum atomic E-state index is 11.8. The highest BCUT2D eigenvalue weighted by atomic mass is 16.6. The zero-order valence-corrected chi connectivity index (χ0v) is 11.9. The second kappa shape index (κ2) is 7.07. The molecule has 0 aliphatic rings. The van der Waals surface area contributed by atoms with E-state index >= 15 is 0 Å². The van der Waals surface area contributed by atoms with Gasteiger partial charge in [-0.15, -0.1) is 0 Å². The van der Waals surface area contributed by atoms with Gasteiger partial charge in [0.05, 0.1) is 11.5 Å². The molecule has 0 bridgehead atoms. The summed E-state index contributed by atoms with van der Waals surface area (Å²) in [6.07, 6.45) is 0. The number of nitrogens with one attached hydrogen (secondary N) is 2. The van der Waals surface area contributed by atoms with Crippen LogP contribution in [0.5, 0.6) is 5.75 Å². The normalized spacial score (nSPS) is 9.86. The van der Waals surface area contributed by atoms with E-state index in [1.807, 2.05) is 6.92 Å². The lowest BCUT2D eigenvalue weighted by Gasteiger charge is -2.08. The van der Waals surface area contributed by atoms with Gasteiger partial charge in [-0.2, -0.15) is 0 Å². The highest BCUT2D eigenvalue weighted by molar-refractivity contribution is 5.99. The quantitative estimate of drug-likeness (QED) is 0.651. The Morgan fingerprint density at radius 1 is 1.05 bits per heavy atom. The lowest BCUT2D eigenvalue weighted by molar-refractivity contribution is -0.384. The minimum atomic E-state index is -0.496. The standard InChI is InChI=1S/C15H15N3O4/c1-2-22-14-9-5-12(6-10-14)17-15(19)16-11-3-7-13(8-4-11)18(20)21/h3-10H,2H2,1H3,(H2,16,17,19). The van der Waals surface area contributed by atoms with Gasteiger partial charge in [-0.05, 0) is 43.3 Å². The van der Waals surface area contributed by atoms with E-state index in [4.69, 9.17) is 4.74 Å². The third-order valence-corrected chi connectivity index (χ3v) is 2.76. The summed E-state index contributed by atoms with van der Waals surface area (Å²) in [6, 6.07) is 12.1. The van der Waals surface area contributed by atoms with Crippen LogP contribution in [0.4, 0.5) is 21.9 Å². The van der Waals surface area contributed by atoms with Crippen LogP contribution in [0.3, 0.4) is 0 Å². The van der Waals surface area contributed by atoms with Crippen molar-refractivity contribution in [2.45, 2.75) is 6.92 Å². The number of ether oxygens (including phenoxy) is 1. The topological polar surface area (TPSA) is 93.5 Å². The highest BCUT2D eigenvalue weighted by Gasteiger charge is 2.06. The Labute approximate surface area is 127 Å². The van der Waals surface area contributed by atoms with Crippen molar-refractivity contribution in [3.05, 3.63) is 58.6 Å². The summed E-state index contributed by atoms with van der Waals surface area (Å²) in [6.45, 7) is 2.47. The van der Waals surface area contributed by atoms with E-state index in [9.17, 15) is 14.9 Å². The predicted molar refractivity (Wildman–Crippen MR) is 83.3 cm³/mol. The zero-order chi connectivity index (χ0) is 15.9. The van der Waals surface area contributed by atoms with E-state index in [2.05, 4.69) is 10.6 Å². The van der Waals surface area contributed by atoms with Crippen LogP contribution in [0, 0.1) is 10.1 Å². The fraction of sp³-hybridized carbons (Fsp3) is 0.133. The molecule has 7 nitrogen and oxygen atoms in total. The molecule has 114 valence electrons. The third-order valence-electron chi connectivity index (χ3n) is 2.76. The first kappa shape index (κ1) is 15.3. The second-order valence-corrected chi connectivity index (χ2v) is 4.34. The highest BCUT2D eigenvalue weighted by Crippen LogP contribution is 2.17. The smallest absolute Gasteiger partial charge is 0.323 e. The van der Waals surface area contributed by atoms with E-state index in [0.717, 1.165) is 5.75 Å². The molecule has 0 saturated heterocycles. The molecule has 0 aromatic heterocycles. The van der Waals surface area contributed by atoms with Crippen molar-refractivity contribution >= 4 is 23.1 Å². The Morgan fingerprint density at radius 2 is 1.55 bits per heavy atom. The molecule has 7 heteroatoms. The molecular formula is C15H15N3O4. The molecule has 2 N–H and O–H groups in total. The molecule has 0 saturated carbocycles. The molecule has 0 aliphatic carbocycles. The Balaban J connectivity index is 1.93. The van der Waals surface area contributed by atoms with Crippen LogP contribution in [0.1, 0.15) is 6.92 Å². The third kappa shape index (κ3) is 4.20. The average Bonchev–Trinajstić information content (AvgIpc) is 2.50. The van der Waals surface area contributed by atoms with Crippen LogP contribution in [0.2, 0.25) is 0 Å². The van der Waals surface area contributed by atoms with Gasteiger partial charge in [0.1, 0.15) is 5.75 Å². The van der Waals surface area contributed by atoms with Gasteiger partial charge < -0.3 is 15.4 Å². The lowest BCUT2D eigenvalue weighted by Crippen LogP contribution is -2.19. The maximum Gasteiger partial charge on any atom is 0.323 e. The van der Waals surface area contributed by atoms with Crippen LogP contribution in [-0.4, -0.2) is 17.6 Å². The fourth-order valence-electron chi connectivity index (χ4n) is 1.76. The van der Waals surface area contributed by atoms with Crippen molar-refractivity contribution in [2.24, 2.45) is 0 Å². The molecule has 22 heavy (non-hydrogen) atoms. The van der Waals surface area contributed by atoms with Crippen LogP contribution in [0.25, 0.3) is 0 Å². The van der Waals surface area contributed by atoms with Crippen LogP contribution in [-0.2, 0) is 0 Å². The lowest BCUT2D eigenvalue weighted by atomic mass is 10.3. The summed E-state index contributed by atoms with van der Waals surface area (Å²) in [5.41, 5.74) is 1.05. The molecule has 0 radical (unpaired) electrons. The van der Waals surface area contributed by atoms with Gasteiger partial charge in [0, 0.05) is 23.5 Å². The maximum absolute atomic E-state index is 11.8. The van der Waals surface area contributed by atoms with Crippen molar-refractivity contribution in [2.75, 3.05) is 17.2 Å². The molecule has 0 fully saturated rings. The summed E-state index contributed by atoms with van der Waals surface area (Å²) in [4.78, 5) is 21.9. The van der Waals surface area contributed by atoms with Crippen molar-refractivity contribution in [3.63, 3.8) is 0 Å². The van der Waals surface area contributed by atoms with E-state index in [-0.39, 0.29) is 5.69 Å². The number of nitrogens with zero attached hydrogens (tertiary/aromatic N) is 1. The largest absolute Gasteiger partial charge is 0.494 e. The number of urea groups is 1. The molecule has 0 heterocycles. The van der Waals surface area contributed by atoms with Gasteiger partial charge >= 0.3 is 6.03 Å². The predicted octanol–water partition coefficient (Wildman–Crippen LogP) is 3.64. The van der Waals surface area contributed by atoms with Gasteiger partial charge in [0.15, 0.2) is 0 Å². The van der Waals surface area contributed by atoms with Crippen molar-refractivity contribution in [3.8, 4) is 5.75 Å². The Morgan fingerprint density at radius 3 is 2.00 bits per heavy atom. The number of nitro benzene ring substituents is 1. The number of hydrogen-bond acceptors (Lipinski definition) is 4. The molecule has 2 aromatic rings. The first-order valence-electron chi connectivity index (χ1n) is 6.64. The first-order chi connectivity index (χ1) is 10.6. The van der Waals surface area contributed by atoms with Gasteiger partial charge in [0.2, 0.25) is 0 Å². The molecule has 2 rings (SSSR count). The summed E-state index contributed by atoms with van der Waals surface area (Å²) in [5, 5.41) is 15.8. The number of hydrogen-bond donors (Lipinski definition) is 2. The summed E-state index contributed by atoms with van der Waals surface area (Å²) < 4.78 is 5.31. The first-order valence-corrected chi connectivity index (χ1v) is 6.64. The van der Waals surface area contributed by atoms with Crippen molar-refractivity contribution in [1.82, 2.24) is 0 Å². The van der Waals surface area contributed by atoms with Gasteiger partial charge in [-0.25, -0.2) is 4.79 Å². The van der Waals surface area contributed by atoms with E-state index < -0.39 is 11.0 Å². The van der Waals surface area contributed by atoms with Crippen LogP contribution in [0.15, 0.2) is 48.5 Å². The average molecular weight is 301 g/mol. The zero-order valence-electron chi connectivity index (χ0n) is 11.9. The Kier molecular flexibility index (Phi) is 4.92. The molecule has 2 amide bonds. The molecule has 2 aromatic carbocycles. The molecule has 0 spiro atoms. The molecular weight excluding hydrogens is 286 g/mol. The number of amides is 2. The summed E-state index contributed by atoms with van der Waals surface area (Å²) in [5.74, 6) is 0.726. The SMILES string of the molecule is CCOc1ccc(NC(=O)Nc2ccc([N+](=O)[O-])cc2)cc1. The fourth-order valence-corrected chi connectivity index (χ4v) is 1.76. The van der Waals surface area contributed by atoms with Crippen LogP contribution >= 0.6 is 0 Å². The van der Waals surface area contributed by atoms with Crippen molar-refractivity contribution < 1.29 is 14.5 Å².